The van der Waals surface area contributed by atoms with E-state index in [2.05, 4.69) is 5.32 Å². The van der Waals surface area contributed by atoms with E-state index in [1.165, 1.54) is 6.07 Å². The van der Waals surface area contributed by atoms with Crippen LogP contribution >= 0.6 is 0 Å². The number of nitrogens with zero attached hydrogens (tertiary/aromatic N) is 2. The third-order valence-corrected chi connectivity index (χ3v) is 6.90. The number of carbonyl (C=O) groups excluding carboxylic acids is 2. The molecule has 0 unspecified atom stereocenters. The quantitative estimate of drug-likeness (QED) is 0.145. The van der Waals surface area contributed by atoms with Crippen molar-refractivity contribution in [3.05, 3.63) is 71.1 Å². The van der Waals surface area contributed by atoms with Gasteiger partial charge < -0.3 is 35.4 Å². The number of amides is 1. The Balaban J connectivity index is 0.000000707. The number of rotatable bonds is 9. The summed E-state index contributed by atoms with van der Waals surface area (Å²) < 4.78 is 40.0. The third kappa shape index (κ3) is 8.60. The number of benzene rings is 3. The predicted molar refractivity (Wildman–Crippen MR) is 163 cm³/mol. The van der Waals surface area contributed by atoms with Crippen molar-refractivity contribution in [1.82, 2.24) is 9.89 Å². The first-order valence-corrected chi connectivity index (χ1v) is 14.0. The zero-order valence-electron chi connectivity index (χ0n) is 25.3. The van der Waals surface area contributed by atoms with Gasteiger partial charge in [-0.1, -0.05) is 12.5 Å². The summed E-state index contributed by atoms with van der Waals surface area (Å²) in [6.07, 6.45) is -2.45. The van der Waals surface area contributed by atoms with E-state index in [1.54, 1.807) is 12.1 Å². The number of hydrogen-bond acceptors (Lipinski definition) is 7. The summed E-state index contributed by atoms with van der Waals surface area (Å²) in [5.41, 5.74) is 9.25. The second-order valence-corrected chi connectivity index (χ2v) is 10.6. The minimum absolute atomic E-state index is 0.0528. The smallest absolute Gasteiger partial charge is 0.490 e. The molecule has 2 aromatic rings. The lowest BCUT2D eigenvalue weighted by Gasteiger charge is -2.20. The molecule has 13 heteroatoms. The predicted octanol–water partition coefficient (Wildman–Crippen LogP) is 3.16. The highest BCUT2D eigenvalue weighted by Crippen LogP contribution is 2.42. The molecule has 10 nitrogen and oxygen atoms in total. The fraction of sp³-hybridized carbons (Fsp3) is 0.312. The zero-order chi connectivity index (χ0) is 33.5. The second kappa shape index (κ2) is 14.7. The maximum absolute atomic E-state index is 12.8. The van der Waals surface area contributed by atoms with E-state index in [0.29, 0.717) is 35.6 Å². The van der Waals surface area contributed by atoms with Crippen LogP contribution in [0.3, 0.4) is 0 Å². The van der Waals surface area contributed by atoms with Crippen LogP contribution in [0.2, 0.25) is 0 Å². The Kier molecular flexibility index (Phi) is 11.3. The number of aliphatic carboxylic acids is 1. The van der Waals surface area contributed by atoms with Crippen molar-refractivity contribution in [2.45, 2.75) is 25.4 Å². The van der Waals surface area contributed by atoms with Gasteiger partial charge >= 0.3 is 12.1 Å². The second-order valence-electron chi connectivity index (χ2n) is 10.6. The molecule has 4 rings (SSSR count). The molecule has 4 N–H and O–H groups in total. The first-order chi connectivity index (χ1) is 21.1. The molecule has 0 atom stereocenters. The Bertz CT molecular complexity index is 1740. The molecule has 240 valence electrons. The standard InChI is InChI=1S/C30H34N4O4.C2HF3O2/c1-33(2)20-9-12-23-26(17-20)38-27-18-21(34(3)4)10-13-24(27)28(23)22-11-8-19(16-25(22)30(36)37)29(35)32-15-7-5-6-14-31;3-2(4,5)1(6)7/h8-13,16-18H,5-7,14-15,31H2,1-4H3,(H-,32,35,36,37);(H,6,7). The molecule has 1 aliphatic carbocycles. The van der Waals surface area contributed by atoms with Crippen LogP contribution in [0.4, 0.5) is 18.9 Å². The van der Waals surface area contributed by atoms with Gasteiger partial charge in [0.05, 0.1) is 12.0 Å². The Labute approximate surface area is 257 Å². The van der Waals surface area contributed by atoms with Gasteiger partial charge in [-0.3, -0.25) is 4.79 Å². The summed E-state index contributed by atoms with van der Waals surface area (Å²) in [6.45, 7) is 1.12. The number of carbonyl (C=O) groups is 3. The zero-order valence-corrected chi connectivity index (χ0v) is 25.3. The highest BCUT2D eigenvalue weighted by Gasteiger charge is 2.38. The summed E-state index contributed by atoms with van der Waals surface area (Å²) in [4.78, 5) is 36.0. The van der Waals surface area contributed by atoms with Crippen LogP contribution in [0.5, 0.6) is 0 Å². The van der Waals surface area contributed by atoms with Crippen LogP contribution < -0.4 is 31.0 Å². The number of alkyl halides is 3. The molecule has 0 bridgehead atoms. The number of fused-ring (bicyclic) bond motifs is 2. The molecule has 0 fully saturated rings. The van der Waals surface area contributed by atoms with Gasteiger partial charge in [-0.15, -0.1) is 0 Å². The molecule has 0 saturated heterocycles. The number of anilines is 1. The van der Waals surface area contributed by atoms with E-state index >= 15 is 0 Å². The van der Waals surface area contributed by atoms with Crippen molar-refractivity contribution in [2.24, 2.45) is 5.73 Å². The third-order valence-electron chi connectivity index (χ3n) is 6.90. The van der Waals surface area contributed by atoms with E-state index < -0.39 is 18.1 Å². The number of carboxylic acid groups (broad SMARTS) is 2. The number of nitrogens with two attached hydrogens (primary N) is 1. The fourth-order valence-corrected chi connectivity index (χ4v) is 4.54. The molecule has 45 heavy (non-hydrogen) atoms. The molecule has 1 aliphatic heterocycles. The van der Waals surface area contributed by atoms with Gasteiger partial charge in [0, 0.05) is 66.1 Å². The topological polar surface area (TPSA) is 152 Å². The number of aromatic carboxylic acids is 1. The number of hydrogen-bond donors (Lipinski definition) is 3. The Morgan fingerprint density at radius 1 is 0.978 bits per heavy atom. The van der Waals surface area contributed by atoms with E-state index in [-0.39, 0.29) is 17.0 Å². The number of halogens is 3. The normalized spacial score (nSPS) is 11.1. The number of carboxylic acids is 2. The summed E-state index contributed by atoms with van der Waals surface area (Å²) in [6, 6.07) is 16.4. The first kappa shape index (κ1) is 34.6. The van der Waals surface area contributed by atoms with Crippen molar-refractivity contribution in [3.63, 3.8) is 0 Å². The Morgan fingerprint density at radius 3 is 2.22 bits per heavy atom. The van der Waals surface area contributed by atoms with Gasteiger partial charge in [0.15, 0.2) is 0 Å². The van der Waals surface area contributed by atoms with Crippen molar-refractivity contribution in [2.75, 3.05) is 46.2 Å². The summed E-state index contributed by atoms with van der Waals surface area (Å²) in [5, 5.41) is 24.1. The van der Waals surface area contributed by atoms with Crippen molar-refractivity contribution in [1.29, 1.82) is 0 Å². The molecule has 1 amide bonds. The lowest BCUT2D eigenvalue weighted by atomic mass is 9.89. The molecule has 0 radical (unpaired) electrons. The van der Waals surface area contributed by atoms with E-state index in [4.69, 9.17) is 20.1 Å². The molecule has 0 aromatic heterocycles. The summed E-state index contributed by atoms with van der Waals surface area (Å²) in [7, 11) is 7.79. The van der Waals surface area contributed by atoms with E-state index in [0.717, 1.165) is 41.3 Å². The van der Waals surface area contributed by atoms with Gasteiger partial charge in [0.25, 0.3) is 5.91 Å². The average molecular weight is 629 g/mol. The Hall–Kier alpha value is -4.91. The SMILES string of the molecule is CN(C)c1ccc2c(-c3ccc(C(=O)NCCCCCN)cc3C(=O)[O-])c3ccc(=[N+](C)C)cc-3oc2c1.O=C(O)C(F)(F)F. The molecule has 1 heterocycles. The monoisotopic (exact) mass is 628 g/mol. The van der Waals surface area contributed by atoms with Crippen molar-refractivity contribution in [3.8, 4) is 22.5 Å². The van der Waals surface area contributed by atoms with Gasteiger partial charge in [-0.25, -0.2) is 9.37 Å². The molecule has 0 saturated carbocycles. The van der Waals surface area contributed by atoms with Crippen LogP contribution in [0, 0.1) is 0 Å². The maximum atomic E-state index is 12.8. The maximum Gasteiger partial charge on any atom is 0.490 e. The fourth-order valence-electron chi connectivity index (χ4n) is 4.54. The molecular formula is C32H35F3N4O6. The molecule has 2 aromatic carbocycles. The highest BCUT2D eigenvalue weighted by atomic mass is 19.4. The average Bonchev–Trinajstić information content (AvgIpc) is 2.98. The number of unbranched alkanes of at least 4 members (excludes halogenated alkanes) is 2. The van der Waals surface area contributed by atoms with Crippen LogP contribution in [0.1, 0.15) is 40.0 Å². The lowest BCUT2D eigenvalue weighted by molar-refractivity contribution is -0.254. The number of nitrogens with one attached hydrogen (secondary N) is 1. The molecule has 0 spiro atoms. The van der Waals surface area contributed by atoms with Gasteiger partial charge in [-0.05, 0) is 55.3 Å². The van der Waals surface area contributed by atoms with Gasteiger partial charge in [0.1, 0.15) is 25.4 Å². The largest absolute Gasteiger partial charge is 0.545 e. The molecule has 2 aliphatic rings. The van der Waals surface area contributed by atoms with Crippen LogP contribution in [0.25, 0.3) is 33.4 Å². The van der Waals surface area contributed by atoms with Gasteiger partial charge in [0.2, 0.25) is 5.36 Å². The summed E-state index contributed by atoms with van der Waals surface area (Å²) >= 11 is 0. The van der Waals surface area contributed by atoms with Crippen LogP contribution in [-0.4, -0.2) is 70.4 Å². The van der Waals surface area contributed by atoms with Crippen molar-refractivity contribution < 1.29 is 42.2 Å². The minimum Gasteiger partial charge on any atom is -0.545 e. The van der Waals surface area contributed by atoms with E-state index in [9.17, 15) is 27.9 Å². The van der Waals surface area contributed by atoms with Crippen LogP contribution in [0.15, 0.2) is 59.0 Å². The Morgan fingerprint density at radius 2 is 1.64 bits per heavy atom. The summed E-state index contributed by atoms with van der Waals surface area (Å²) in [5.74, 6) is -3.81. The lowest BCUT2D eigenvalue weighted by Crippen LogP contribution is -2.27. The molecular weight excluding hydrogens is 593 g/mol. The van der Waals surface area contributed by atoms with E-state index in [1.807, 2.05) is 74.1 Å². The first-order valence-electron chi connectivity index (χ1n) is 14.0. The van der Waals surface area contributed by atoms with Gasteiger partial charge in [-0.2, -0.15) is 13.2 Å². The minimum atomic E-state index is -5.08. The highest BCUT2D eigenvalue weighted by molar-refractivity contribution is 6.09. The van der Waals surface area contributed by atoms with Crippen molar-refractivity contribution >= 4 is 34.5 Å². The van der Waals surface area contributed by atoms with Crippen LogP contribution in [-0.2, 0) is 4.79 Å².